The Hall–Kier alpha value is -2.69. The van der Waals surface area contributed by atoms with E-state index in [-0.39, 0.29) is 6.61 Å². The van der Waals surface area contributed by atoms with Gasteiger partial charge < -0.3 is 35.4 Å². The number of pyridine rings is 1. The highest BCUT2D eigenvalue weighted by Crippen LogP contribution is 2.39. The average Bonchev–Trinajstić information content (AvgIpc) is 3.59. The SMILES string of the molecule is COc1ccc(-c2c(C)nc(NCC3CC3)nc2N[C@@H]2C[C@H](CO)[C@@H](O)[C@H]2O)c(OC)n1. The predicted octanol–water partition coefficient (Wildman–Crippen LogP) is 1.20. The predicted molar refractivity (Wildman–Crippen MR) is 119 cm³/mol. The minimum absolute atomic E-state index is 0.198. The molecule has 0 aliphatic heterocycles. The van der Waals surface area contributed by atoms with Crippen molar-refractivity contribution in [2.75, 3.05) is 38.0 Å². The molecule has 0 spiro atoms. The minimum Gasteiger partial charge on any atom is -0.481 e. The second-order valence-electron chi connectivity index (χ2n) is 8.50. The summed E-state index contributed by atoms with van der Waals surface area (Å²) in [5, 5.41) is 36.9. The second kappa shape index (κ2) is 9.43. The number of ether oxygens (including phenoxy) is 2. The van der Waals surface area contributed by atoms with Crippen LogP contribution in [0.1, 0.15) is 25.0 Å². The van der Waals surface area contributed by atoms with E-state index in [0.29, 0.717) is 52.7 Å². The van der Waals surface area contributed by atoms with Crippen molar-refractivity contribution < 1.29 is 24.8 Å². The fraction of sp³-hybridized carbons (Fsp3) is 0.591. The number of aryl methyl sites for hydroxylation is 1. The van der Waals surface area contributed by atoms with Crippen LogP contribution in [0.2, 0.25) is 0 Å². The molecule has 2 aromatic heterocycles. The van der Waals surface area contributed by atoms with Crippen molar-refractivity contribution in [1.82, 2.24) is 15.0 Å². The lowest BCUT2D eigenvalue weighted by Crippen LogP contribution is -2.35. The summed E-state index contributed by atoms with van der Waals surface area (Å²) in [6.45, 7) is 2.49. The maximum atomic E-state index is 10.5. The molecular formula is C22H31N5O5. The van der Waals surface area contributed by atoms with Crippen LogP contribution in [0, 0.1) is 18.8 Å². The van der Waals surface area contributed by atoms with E-state index in [0.717, 1.165) is 6.54 Å². The normalized spacial score (nSPS) is 24.9. The van der Waals surface area contributed by atoms with Gasteiger partial charge in [0.1, 0.15) is 11.9 Å². The lowest BCUT2D eigenvalue weighted by atomic mass is 10.0. The Morgan fingerprint density at radius 2 is 1.84 bits per heavy atom. The Labute approximate surface area is 187 Å². The van der Waals surface area contributed by atoms with Gasteiger partial charge in [-0.3, -0.25) is 0 Å². The van der Waals surface area contributed by atoms with Crippen LogP contribution >= 0.6 is 0 Å². The highest BCUT2D eigenvalue weighted by Gasteiger charge is 2.41. The van der Waals surface area contributed by atoms with E-state index in [9.17, 15) is 15.3 Å². The van der Waals surface area contributed by atoms with Gasteiger partial charge in [-0.05, 0) is 38.2 Å². The maximum Gasteiger partial charge on any atom is 0.224 e. The molecule has 0 radical (unpaired) electrons. The van der Waals surface area contributed by atoms with Gasteiger partial charge in [-0.15, -0.1) is 0 Å². The summed E-state index contributed by atoms with van der Waals surface area (Å²) in [6, 6.07) is 3.08. The Morgan fingerprint density at radius 1 is 1.06 bits per heavy atom. The highest BCUT2D eigenvalue weighted by atomic mass is 16.5. The molecule has 2 saturated carbocycles. The molecule has 0 saturated heterocycles. The third kappa shape index (κ3) is 4.57. The molecule has 2 aliphatic rings. The smallest absolute Gasteiger partial charge is 0.224 e. The first-order chi connectivity index (χ1) is 15.4. The van der Waals surface area contributed by atoms with Crippen LogP contribution in [-0.2, 0) is 0 Å². The molecule has 4 atom stereocenters. The molecule has 0 aromatic carbocycles. The third-order valence-corrected chi connectivity index (χ3v) is 6.20. The van der Waals surface area contributed by atoms with Gasteiger partial charge >= 0.3 is 0 Å². The molecule has 10 heteroatoms. The molecule has 2 aliphatic carbocycles. The molecular weight excluding hydrogens is 414 g/mol. The van der Waals surface area contributed by atoms with Crippen LogP contribution in [-0.4, -0.2) is 75.9 Å². The van der Waals surface area contributed by atoms with Crippen molar-refractivity contribution in [3.63, 3.8) is 0 Å². The van der Waals surface area contributed by atoms with Crippen LogP contribution in [0.25, 0.3) is 11.1 Å². The van der Waals surface area contributed by atoms with Crippen molar-refractivity contribution in [1.29, 1.82) is 0 Å². The Kier molecular flexibility index (Phi) is 6.63. The van der Waals surface area contributed by atoms with Crippen molar-refractivity contribution in [3.8, 4) is 22.9 Å². The first-order valence-corrected chi connectivity index (χ1v) is 10.9. The number of nitrogens with zero attached hydrogens (tertiary/aromatic N) is 3. The first kappa shape index (κ1) is 22.5. The number of nitrogens with one attached hydrogen (secondary N) is 2. The topological polar surface area (TPSA) is 142 Å². The van der Waals surface area contributed by atoms with Crippen molar-refractivity contribution in [2.24, 2.45) is 11.8 Å². The number of anilines is 2. The van der Waals surface area contributed by atoms with E-state index in [1.165, 1.54) is 27.1 Å². The molecule has 4 rings (SSSR count). The second-order valence-corrected chi connectivity index (χ2v) is 8.50. The summed E-state index contributed by atoms with van der Waals surface area (Å²) in [5.74, 6) is 2.01. The van der Waals surface area contributed by atoms with Crippen LogP contribution in [0.15, 0.2) is 12.1 Å². The Bertz CT molecular complexity index is 955. The third-order valence-electron chi connectivity index (χ3n) is 6.20. The molecule has 174 valence electrons. The summed E-state index contributed by atoms with van der Waals surface area (Å²) in [7, 11) is 3.07. The number of aliphatic hydroxyl groups is 3. The first-order valence-electron chi connectivity index (χ1n) is 10.9. The largest absolute Gasteiger partial charge is 0.481 e. The fourth-order valence-electron chi connectivity index (χ4n) is 4.14. The van der Waals surface area contributed by atoms with Crippen molar-refractivity contribution in [3.05, 3.63) is 17.8 Å². The molecule has 2 fully saturated rings. The lowest BCUT2D eigenvalue weighted by Gasteiger charge is -2.22. The van der Waals surface area contributed by atoms with Gasteiger partial charge in [0.15, 0.2) is 0 Å². The zero-order valence-electron chi connectivity index (χ0n) is 18.6. The van der Waals surface area contributed by atoms with Crippen LogP contribution in [0.3, 0.4) is 0 Å². The molecule has 32 heavy (non-hydrogen) atoms. The average molecular weight is 446 g/mol. The van der Waals surface area contributed by atoms with Crippen LogP contribution < -0.4 is 20.1 Å². The number of aliphatic hydroxyl groups excluding tert-OH is 3. The molecule has 0 bridgehead atoms. The fourth-order valence-corrected chi connectivity index (χ4v) is 4.14. The molecule has 2 aromatic rings. The van der Waals surface area contributed by atoms with Crippen LogP contribution in [0.4, 0.5) is 11.8 Å². The van der Waals surface area contributed by atoms with Gasteiger partial charge in [0.25, 0.3) is 0 Å². The Morgan fingerprint density at radius 3 is 2.47 bits per heavy atom. The highest BCUT2D eigenvalue weighted by molar-refractivity contribution is 5.81. The number of methoxy groups -OCH3 is 2. The van der Waals surface area contributed by atoms with Crippen molar-refractivity contribution >= 4 is 11.8 Å². The van der Waals surface area contributed by atoms with E-state index in [2.05, 4.69) is 20.6 Å². The maximum absolute atomic E-state index is 10.5. The van der Waals surface area contributed by atoms with Gasteiger partial charge in [0.05, 0.1) is 37.6 Å². The molecule has 10 nitrogen and oxygen atoms in total. The lowest BCUT2D eigenvalue weighted by molar-refractivity contribution is 0.00446. The number of aromatic nitrogens is 3. The standard InChI is InChI=1S/C22H31N5O5/c1-11-17(14-6-7-16(31-2)26-21(14)32-3)20(27-22(24-11)23-9-12-4-5-12)25-15-8-13(10-28)18(29)19(15)30/h6-7,12-13,15,18-19,28-30H,4-5,8-10H2,1-3H3,(H2,23,24,25,27)/t13-,15-,18-,19+/m1/s1. The molecule has 0 unspecified atom stereocenters. The van der Waals surface area contributed by atoms with E-state index in [1.54, 1.807) is 6.07 Å². The summed E-state index contributed by atoms with van der Waals surface area (Å²) >= 11 is 0. The molecule has 5 N–H and O–H groups in total. The van der Waals surface area contributed by atoms with E-state index in [4.69, 9.17) is 14.5 Å². The zero-order chi connectivity index (χ0) is 22.8. The summed E-state index contributed by atoms with van der Waals surface area (Å²) in [4.78, 5) is 13.7. The van der Waals surface area contributed by atoms with E-state index in [1.807, 2.05) is 13.0 Å². The zero-order valence-corrected chi connectivity index (χ0v) is 18.6. The van der Waals surface area contributed by atoms with E-state index >= 15 is 0 Å². The minimum atomic E-state index is -1.03. The summed E-state index contributed by atoms with van der Waals surface area (Å²) in [5.41, 5.74) is 2.06. The number of hydrogen-bond donors (Lipinski definition) is 5. The van der Waals surface area contributed by atoms with Crippen LogP contribution in [0.5, 0.6) is 11.8 Å². The molecule has 2 heterocycles. The van der Waals surface area contributed by atoms with Gasteiger partial charge in [0, 0.05) is 30.7 Å². The number of rotatable bonds is 9. The molecule has 0 amide bonds. The van der Waals surface area contributed by atoms with Gasteiger partial charge in [-0.25, -0.2) is 4.98 Å². The Balaban J connectivity index is 1.73. The van der Waals surface area contributed by atoms with Gasteiger partial charge in [-0.2, -0.15) is 9.97 Å². The van der Waals surface area contributed by atoms with Crippen molar-refractivity contribution in [2.45, 2.75) is 44.4 Å². The van der Waals surface area contributed by atoms with E-state index < -0.39 is 24.2 Å². The van der Waals surface area contributed by atoms with Gasteiger partial charge in [0.2, 0.25) is 17.7 Å². The quantitative estimate of drug-likeness (QED) is 0.382. The van der Waals surface area contributed by atoms with Gasteiger partial charge in [-0.1, -0.05) is 0 Å². The summed E-state index contributed by atoms with van der Waals surface area (Å²) < 4.78 is 10.7. The monoisotopic (exact) mass is 445 g/mol. The summed E-state index contributed by atoms with van der Waals surface area (Å²) in [6.07, 6.45) is 0.781. The number of hydrogen-bond acceptors (Lipinski definition) is 10.